The van der Waals surface area contributed by atoms with Gasteiger partial charge in [-0.2, -0.15) is 5.10 Å². The van der Waals surface area contributed by atoms with Crippen LogP contribution in [0.5, 0.6) is 0 Å². The lowest BCUT2D eigenvalue weighted by atomic mass is 10.1. The molecule has 0 radical (unpaired) electrons. The highest BCUT2D eigenvalue weighted by Gasteiger charge is 2.24. The Morgan fingerprint density at radius 2 is 1.79 bits per heavy atom. The van der Waals surface area contributed by atoms with Gasteiger partial charge in [0, 0.05) is 43.3 Å². The predicted molar refractivity (Wildman–Crippen MR) is 107 cm³/mol. The summed E-state index contributed by atoms with van der Waals surface area (Å²) in [5.41, 5.74) is 3.14. The normalized spacial score (nSPS) is 14.9. The van der Waals surface area contributed by atoms with Gasteiger partial charge in [0.2, 0.25) is 0 Å². The molecule has 1 aliphatic heterocycles. The van der Waals surface area contributed by atoms with Crippen LogP contribution in [0.3, 0.4) is 0 Å². The first-order valence-corrected chi connectivity index (χ1v) is 9.58. The standard InChI is InChI=1S/C21H24FN5O/c1-14(2)27-20-16(13-23-27)12-19(15(3)24-20)21(28)26-10-8-25(9-11-26)18-6-4-17(22)5-7-18/h4-7,12-14H,8-11H2,1-3H3. The number of nitrogens with zero attached hydrogens (tertiary/aromatic N) is 5. The average molecular weight is 381 g/mol. The van der Waals surface area contributed by atoms with Crippen molar-refractivity contribution in [3.63, 3.8) is 0 Å². The summed E-state index contributed by atoms with van der Waals surface area (Å²) in [5.74, 6) is -0.236. The van der Waals surface area contributed by atoms with E-state index in [1.807, 2.05) is 22.6 Å². The van der Waals surface area contributed by atoms with Crippen molar-refractivity contribution in [1.29, 1.82) is 0 Å². The number of fused-ring (bicyclic) bond motifs is 1. The fourth-order valence-electron chi connectivity index (χ4n) is 3.65. The van der Waals surface area contributed by atoms with E-state index in [-0.39, 0.29) is 17.8 Å². The van der Waals surface area contributed by atoms with Gasteiger partial charge >= 0.3 is 0 Å². The van der Waals surface area contributed by atoms with Crippen LogP contribution in [0.15, 0.2) is 36.5 Å². The number of amides is 1. The first-order valence-electron chi connectivity index (χ1n) is 9.58. The van der Waals surface area contributed by atoms with E-state index < -0.39 is 0 Å². The number of anilines is 1. The van der Waals surface area contributed by atoms with Crippen LogP contribution in [0.25, 0.3) is 11.0 Å². The molecule has 1 fully saturated rings. The molecule has 1 aliphatic rings. The molecule has 3 aromatic rings. The minimum absolute atomic E-state index is 0.00273. The van der Waals surface area contributed by atoms with Crippen molar-refractivity contribution in [1.82, 2.24) is 19.7 Å². The Balaban J connectivity index is 1.51. The average Bonchev–Trinajstić information content (AvgIpc) is 3.10. The van der Waals surface area contributed by atoms with Crippen LogP contribution in [0.2, 0.25) is 0 Å². The van der Waals surface area contributed by atoms with Gasteiger partial charge in [0.05, 0.1) is 17.5 Å². The SMILES string of the molecule is Cc1nc2c(cnn2C(C)C)cc1C(=O)N1CCN(c2ccc(F)cc2)CC1. The van der Waals surface area contributed by atoms with E-state index >= 15 is 0 Å². The zero-order valence-electron chi connectivity index (χ0n) is 16.4. The largest absolute Gasteiger partial charge is 0.368 e. The van der Waals surface area contributed by atoms with E-state index in [0.29, 0.717) is 18.7 Å². The fourth-order valence-corrected chi connectivity index (χ4v) is 3.65. The summed E-state index contributed by atoms with van der Waals surface area (Å²) >= 11 is 0. The van der Waals surface area contributed by atoms with Crippen molar-refractivity contribution in [2.24, 2.45) is 0 Å². The smallest absolute Gasteiger partial charge is 0.255 e. The summed E-state index contributed by atoms with van der Waals surface area (Å²) in [6.07, 6.45) is 1.77. The van der Waals surface area contributed by atoms with Crippen LogP contribution in [-0.2, 0) is 0 Å². The maximum atomic E-state index is 13.1. The molecule has 6 nitrogen and oxygen atoms in total. The van der Waals surface area contributed by atoms with E-state index in [4.69, 9.17) is 0 Å². The van der Waals surface area contributed by atoms with Crippen LogP contribution in [0.1, 0.15) is 35.9 Å². The maximum absolute atomic E-state index is 13.1. The van der Waals surface area contributed by atoms with Gasteiger partial charge in [0.1, 0.15) is 5.82 Å². The molecule has 0 spiro atoms. The number of halogens is 1. The lowest BCUT2D eigenvalue weighted by molar-refractivity contribution is 0.0746. The van der Waals surface area contributed by atoms with Gasteiger partial charge in [-0.25, -0.2) is 14.1 Å². The van der Waals surface area contributed by atoms with Gasteiger partial charge in [0.25, 0.3) is 5.91 Å². The number of aryl methyl sites for hydroxylation is 1. The fraction of sp³-hybridized carbons (Fsp3) is 0.381. The summed E-state index contributed by atoms with van der Waals surface area (Å²) in [6, 6.07) is 8.61. The molecule has 1 amide bonds. The summed E-state index contributed by atoms with van der Waals surface area (Å²) in [6.45, 7) is 8.68. The number of benzene rings is 1. The van der Waals surface area contributed by atoms with E-state index in [0.717, 1.165) is 35.5 Å². The summed E-state index contributed by atoms with van der Waals surface area (Å²) in [4.78, 5) is 21.8. The van der Waals surface area contributed by atoms with Crippen molar-refractivity contribution >= 4 is 22.6 Å². The Morgan fingerprint density at radius 1 is 1.11 bits per heavy atom. The lowest BCUT2D eigenvalue weighted by Crippen LogP contribution is -2.49. The number of aromatic nitrogens is 3. The number of piperazine rings is 1. The molecule has 1 aromatic carbocycles. The van der Waals surface area contributed by atoms with Crippen molar-refractivity contribution in [3.05, 3.63) is 53.6 Å². The van der Waals surface area contributed by atoms with E-state index in [1.165, 1.54) is 12.1 Å². The molecule has 0 atom stereocenters. The molecular weight excluding hydrogens is 357 g/mol. The lowest BCUT2D eigenvalue weighted by Gasteiger charge is -2.36. The summed E-state index contributed by atoms with van der Waals surface area (Å²) < 4.78 is 15.0. The third-order valence-corrected chi connectivity index (χ3v) is 5.24. The van der Waals surface area contributed by atoms with Gasteiger partial charge < -0.3 is 9.80 Å². The Bertz CT molecular complexity index is 1000. The molecule has 28 heavy (non-hydrogen) atoms. The van der Waals surface area contributed by atoms with Crippen LogP contribution < -0.4 is 4.90 Å². The molecule has 0 unspecified atom stereocenters. The Labute approximate surface area is 163 Å². The van der Waals surface area contributed by atoms with Gasteiger partial charge in [-0.1, -0.05) is 0 Å². The molecule has 0 aliphatic carbocycles. The van der Waals surface area contributed by atoms with Crippen molar-refractivity contribution < 1.29 is 9.18 Å². The zero-order chi connectivity index (χ0) is 19.8. The number of carbonyl (C=O) groups excluding carboxylic acids is 1. The number of pyridine rings is 1. The summed E-state index contributed by atoms with van der Waals surface area (Å²) in [5, 5.41) is 5.28. The van der Waals surface area contributed by atoms with Crippen LogP contribution >= 0.6 is 0 Å². The van der Waals surface area contributed by atoms with E-state index in [2.05, 4.69) is 28.8 Å². The molecular formula is C21H24FN5O. The molecule has 0 N–H and O–H groups in total. The van der Waals surface area contributed by atoms with Gasteiger partial charge in [0.15, 0.2) is 5.65 Å². The van der Waals surface area contributed by atoms with Gasteiger partial charge in [-0.05, 0) is 51.1 Å². The van der Waals surface area contributed by atoms with E-state index in [1.54, 1.807) is 18.3 Å². The molecule has 2 aromatic heterocycles. The monoisotopic (exact) mass is 381 g/mol. The molecule has 4 rings (SSSR count). The molecule has 0 saturated carbocycles. The summed E-state index contributed by atoms with van der Waals surface area (Å²) in [7, 11) is 0. The highest BCUT2D eigenvalue weighted by atomic mass is 19.1. The molecule has 146 valence electrons. The second-order valence-corrected chi connectivity index (χ2v) is 7.47. The number of hydrogen-bond donors (Lipinski definition) is 0. The second-order valence-electron chi connectivity index (χ2n) is 7.47. The zero-order valence-corrected chi connectivity index (χ0v) is 16.4. The Hall–Kier alpha value is -2.96. The second kappa shape index (κ2) is 7.22. The number of hydrogen-bond acceptors (Lipinski definition) is 4. The van der Waals surface area contributed by atoms with Crippen LogP contribution in [0, 0.1) is 12.7 Å². The highest BCUT2D eigenvalue weighted by molar-refractivity contribution is 5.98. The molecule has 7 heteroatoms. The first kappa shape index (κ1) is 18.4. The third kappa shape index (κ3) is 3.32. The highest BCUT2D eigenvalue weighted by Crippen LogP contribution is 2.22. The maximum Gasteiger partial charge on any atom is 0.255 e. The Morgan fingerprint density at radius 3 is 2.43 bits per heavy atom. The minimum Gasteiger partial charge on any atom is -0.368 e. The van der Waals surface area contributed by atoms with Crippen molar-refractivity contribution in [2.75, 3.05) is 31.1 Å². The molecule has 1 saturated heterocycles. The molecule has 3 heterocycles. The third-order valence-electron chi connectivity index (χ3n) is 5.24. The predicted octanol–water partition coefficient (Wildman–Crippen LogP) is 3.42. The minimum atomic E-state index is -0.239. The van der Waals surface area contributed by atoms with Crippen LogP contribution in [0.4, 0.5) is 10.1 Å². The van der Waals surface area contributed by atoms with E-state index in [9.17, 15) is 9.18 Å². The Kier molecular flexibility index (Phi) is 4.75. The molecule has 0 bridgehead atoms. The number of carbonyl (C=O) groups is 1. The van der Waals surface area contributed by atoms with Gasteiger partial charge in [-0.15, -0.1) is 0 Å². The van der Waals surface area contributed by atoms with Crippen molar-refractivity contribution in [3.8, 4) is 0 Å². The number of rotatable bonds is 3. The quantitative estimate of drug-likeness (QED) is 0.698. The first-order chi connectivity index (χ1) is 13.4. The van der Waals surface area contributed by atoms with Crippen LogP contribution in [-0.4, -0.2) is 51.8 Å². The van der Waals surface area contributed by atoms with Crippen molar-refractivity contribution in [2.45, 2.75) is 26.8 Å². The topological polar surface area (TPSA) is 54.3 Å². The van der Waals surface area contributed by atoms with Gasteiger partial charge in [-0.3, -0.25) is 4.79 Å².